The summed E-state index contributed by atoms with van der Waals surface area (Å²) in [5, 5.41) is 17.0. The Bertz CT molecular complexity index is 1870. The van der Waals surface area contributed by atoms with Crippen molar-refractivity contribution in [1.82, 2.24) is 15.1 Å². The standard InChI is InChI=1S/C38H40ClN5O2S/c1-24-8-14-31(15-9-24)44-34(22-33(43-44)38(2,3)4)42-37(46)41-30-7-5-6-27(20-30)35(26-16-18-40-19-17-26)36(45)32-21-28(23-47-32)25-10-12-29(39)13-11-25/h5-15,20-23,26,35,40H,16-19H2,1-4H3,(H2,41,42,46). The molecule has 9 heteroatoms. The van der Waals surface area contributed by atoms with Crippen LogP contribution in [0.25, 0.3) is 16.8 Å². The van der Waals surface area contributed by atoms with E-state index in [0.29, 0.717) is 16.5 Å². The Balaban J connectivity index is 1.25. The van der Waals surface area contributed by atoms with Crippen LogP contribution in [0.1, 0.15) is 66.0 Å². The molecule has 3 heterocycles. The third-order valence-corrected chi connectivity index (χ3v) is 9.86. The monoisotopic (exact) mass is 665 g/mol. The highest BCUT2D eigenvalue weighted by Gasteiger charge is 2.33. The van der Waals surface area contributed by atoms with Crippen LogP contribution < -0.4 is 16.0 Å². The number of amides is 2. The molecule has 0 aliphatic carbocycles. The van der Waals surface area contributed by atoms with Crippen LogP contribution in [0.3, 0.4) is 0 Å². The maximum Gasteiger partial charge on any atom is 0.324 e. The van der Waals surface area contributed by atoms with Crippen LogP contribution in [0, 0.1) is 12.8 Å². The number of nitrogens with zero attached hydrogens (tertiary/aromatic N) is 2. The summed E-state index contributed by atoms with van der Waals surface area (Å²) in [5.41, 5.74) is 6.23. The Morgan fingerprint density at radius 2 is 1.66 bits per heavy atom. The molecule has 0 bridgehead atoms. The predicted molar refractivity (Wildman–Crippen MR) is 194 cm³/mol. The largest absolute Gasteiger partial charge is 0.324 e. The lowest BCUT2D eigenvalue weighted by molar-refractivity contribution is 0.0920. The van der Waals surface area contributed by atoms with Gasteiger partial charge in [0, 0.05) is 22.2 Å². The lowest BCUT2D eigenvalue weighted by Crippen LogP contribution is -2.33. The van der Waals surface area contributed by atoms with E-state index < -0.39 is 0 Å². The van der Waals surface area contributed by atoms with Crippen LogP contribution in [0.15, 0.2) is 90.3 Å². The fourth-order valence-electron chi connectivity index (χ4n) is 6.04. The van der Waals surface area contributed by atoms with Crippen molar-refractivity contribution in [2.24, 2.45) is 5.92 Å². The molecule has 0 spiro atoms. The average Bonchev–Trinajstić information content (AvgIpc) is 3.71. The van der Waals surface area contributed by atoms with Crippen LogP contribution in [0.5, 0.6) is 0 Å². The molecule has 1 atom stereocenters. The molecule has 7 nitrogen and oxygen atoms in total. The van der Waals surface area contributed by atoms with Gasteiger partial charge in [0.1, 0.15) is 5.82 Å². The zero-order chi connectivity index (χ0) is 33.1. The van der Waals surface area contributed by atoms with Crippen molar-refractivity contribution in [1.29, 1.82) is 0 Å². The number of nitrogens with one attached hydrogen (secondary N) is 3. The Kier molecular flexibility index (Phi) is 9.64. The van der Waals surface area contributed by atoms with Gasteiger partial charge in [0.2, 0.25) is 0 Å². The van der Waals surface area contributed by atoms with Gasteiger partial charge in [-0.2, -0.15) is 5.10 Å². The predicted octanol–water partition coefficient (Wildman–Crippen LogP) is 9.47. The number of rotatable bonds is 8. The Morgan fingerprint density at radius 1 is 0.936 bits per heavy atom. The van der Waals surface area contributed by atoms with E-state index in [4.69, 9.17) is 16.7 Å². The third kappa shape index (κ3) is 7.67. The second kappa shape index (κ2) is 13.9. The molecule has 47 heavy (non-hydrogen) atoms. The Labute approximate surface area is 285 Å². The maximum absolute atomic E-state index is 14.3. The van der Waals surface area contributed by atoms with Gasteiger partial charge in [-0.25, -0.2) is 9.48 Å². The number of hydrogen-bond acceptors (Lipinski definition) is 5. The van der Waals surface area contributed by atoms with Gasteiger partial charge in [-0.05, 0) is 103 Å². The summed E-state index contributed by atoms with van der Waals surface area (Å²) in [7, 11) is 0. The maximum atomic E-state index is 14.3. The molecule has 5 aromatic rings. The van der Waals surface area contributed by atoms with Crippen LogP contribution in [0.4, 0.5) is 16.3 Å². The van der Waals surface area contributed by atoms with E-state index in [1.54, 1.807) is 4.68 Å². The number of thiophene rings is 1. The van der Waals surface area contributed by atoms with Crippen molar-refractivity contribution in [3.05, 3.63) is 117 Å². The third-order valence-electron chi connectivity index (χ3n) is 8.66. The van der Waals surface area contributed by atoms with E-state index in [9.17, 15) is 9.59 Å². The number of carbonyl (C=O) groups is 2. The van der Waals surface area contributed by atoms with Crippen LogP contribution in [0.2, 0.25) is 5.02 Å². The van der Waals surface area contributed by atoms with Crippen molar-refractivity contribution in [3.8, 4) is 16.8 Å². The highest BCUT2D eigenvalue weighted by atomic mass is 35.5. The van der Waals surface area contributed by atoms with Crippen molar-refractivity contribution in [2.45, 2.75) is 51.9 Å². The van der Waals surface area contributed by atoms with Gasteiger partial charge in [-0.1, -0.05) is 74.3 Å². The van der Waals surface area contributed by atoms with E-state index in [1.165, 1.54) is 11.3 Å². The summed E-state index contributed by atoms with van der Waals surface area (Å²) in [4.78, 5) is 28.4. The van der Waals surface area contributed by atoms with Crippen molar-refractivity contribution >= 4 is 46.3 Å². The molecule has 1 saturated heterocycles. The SMILES string of the molecule is Cc1ccc(-n2nc(C(C)(C)C)cc2NC(=O)Nc2cccc(C(C(=O)c3cc(-c4ccc(Cl)cc4)cs3)C3CCNCC3)c2)cc1. The van der Waals surface area contributed by atoms with Crippen LogP contribution in [-0.2, 0) is 5.41 Å². The molecule has 0 radical (unpaired) electrons. The molecule has 2 amide bonds. The number of Topliss-reactive ketones (excluding diaryl/α,β-unsaturated/α-hetero) is 1. The minimum absolute atomic E-state index is 0.112. The van der Waals surface area contributed by atoms with Gasteiger partial charge < -0.3 is 10.6 Å². The number of benzene rings is 3. The van der Waals surface area contributed by atoms with Gasteiger partial charge >= 0.3 is 6.03 Å². The van der Waals surface area contributed by atoms with Gasteiger partial charge in [-0.15, -0.1) is 11.3 Å². The molecular weight excluding hydrogens is 626 g/mol. The second-order valence-electron chi connectivity index (χ2n) is 13.3. The first-order chi connectivity index (χ1) is 22.5. The topological polar surface area (TPSA) is 88.1 Å². The smallest absolute Gasteiger partial charge is 0.317 e. The number of piperidine rings is 1. The van der Waals surface area contributed by atoms with E-state index in [0.717, 1.165) is 64.4 Å². The molecule has 1 unspecified atom stereocenters. The summed E-state index contributed by atoms with van der Waals surface area (Å²) < 4.78 is 1.77. The number of aromatic nitrogens is 2. The lowest BCUT2D eigenvalue weighted by atomic mass is 9.77. The molecule has 1 aliphatic rings. The quantitative estimate of drug-likeness (QED) is 0.144. The normalized spacial score (nSPS) is 14.5. The number of aryl methyl sites for hydroxylation is 1. The molecule has 0 saturated carbocycles. The molecule has 3 aromatic carbocycles. The number of halogens is 1. The van der Waals surface area contributed by atoms with Crippen molar-refractivity contribution < 1.29 is 9.59 Å². The Morgan fingerprint density at radius 3 is 2.36 bits per heavy atom. The summed E-state index contributed by atoms with van der Waals surface area (Å²) in [6, 6.07) is 26.9. The first-order valence-corrected chi connectivity index (χ1v) is 17.3. The van der Waals surface area contributed by atoms with E-state index >= 15 is 0 Å². The number of ketones is 1. The fourth-order valence-corrected chi connectivity index (χ4v) is 7.06. The minimum atomic E-state index is -0.383. The molecule has 242 valence electrons. The minimum Gasteiger partial charge on any atom is -0.317 e. The molecule has 3 N–H and O–H groups in total. The van der Waals surface area contributed by atoms with Crippen LogP contribution in [-0.4, -0.2) is 34.7 Å². The first-order valence-electron chi connectivity index (χ1n) is 16.0. The number of anilines is 2. The van der Waals surface area contributed by atoms with E-state index in [1.807, 2.05) is 97.2 Å². The van der Waals surface area contributed by atoms with Gasteiger partial charge in [-0.3, -0.25) is 10.1 Å². The molecule has 1 aliphatic heterocycles. The fraction of sp³-hybridized carbons (Fsp3) is 0.289. The first kappa shape index (κ1) is 32.7. The van der Waals surface area contributed by atoms with E-state index in [-0.39, 0.29) is 29.1 Å². The summed E-state index contributed by atoms with van der Waals surface area (Å²) in [6.45, 7) is 10.1. The zero-order valence-electron chi connectivity index (χ0n) is 27.1. The second-order valence-corrected chi connectivity index (χ2v) is 14.6. The summed E-state index contributed by atoms with van der Waals surface area (Å²) in [5.74, 6) is 0.550. The lowest BCUT2D eigenvalue weighted by Gasteiger charge is -2.30. The van der Waals surface area contributed by atoms with Crippen molar-refractivity contribution in [2.75, 3.05) is 23.7 Å². The number of urea groups is 1. The van der Waals surface area contributed by atoms with Gasteiger partial charge in [0.15, 0.2) is 5.78 Å². The Hall–Kier alpha value is -4.24. The molecule has 6 rings (SSSR count). The zero-order valence-corrected chi connectivity index (χ0v) is 28.7. The highest BCUT2D eigenvalue weighted by molar-refractivity contribution is 7.12. The van der Waals surface area contributed by atoms with Gasteiger partial charge in [0.05, 0.1) is 22.2 Å². The molecule has 1 fully saturated rings. The average molecular weight is 666 g/mol. The summed E-state index contributed by atoms with van der Waals surface area (Å²) in [6.07, 6.45) is 1.81. The summed E-state index contributed by atoms with van der Waals surface area (Å²) >= 11 is 7.58. The van der Waals surface area contributed by atoms with E-state index in [2.05, 4.69) is 36.7 Å². The van der Waals surface area contributed by atoms with Crippen LogP contribution >= 0.6 is 22.9 Å². The number of carbonyl (C=O) groups excluding carboxylic acids is 2. The van der Waals surface area contributed by atoms with Gasteiger partial charge in [0.25, 0.3) is 0 Å². The number of hydrogen-bond donors (Lipinski definition) is 3. The molecular formula is C38H40ClN5O2S. The molecule has 2 aromatic heterocycles. The highest BCUT2D eigenvalue weighted by Crippen LogP contribution is 2.38. The van der Waals surface area contributed by atoms with Crippen molar-refractivity contribution in [3.63, 3.8) is 0 Å².